The minimum atomic E-state index is 0.0113. The van der Waals surface area contributed by atoms with Crippen molar-refractivity contribution in [3.8, 4) is 10.4 Å². The monoisotopic (exact) mass is 458 g/mol. The highest BCUT2D eigenvalue weighted by molar-refractivity contribution is 7.22. The summed E-state index contributed by atoms with van der Waals surface area (Å²) in [7, 11) is 0. The van der Waals surface area contributed by atoms with E-state index in [1.807, 2.05) is 11.0 Å². The first-order valence-electron chi connectivity index (χ1n) is 11.2. The molecule has 4 aromatic rings. The standard InChI is InChI=1S/C26H26N4O2S/c1-18-2-8-21(9-3-18)23-14-22-25(33-23)26(32)30(17-28-22)12-10-19-4-6-20(7-5-19)16-29-13-11-27-15-24(29)31/h2-9,14,17,27H,10-13,15-16H2,1H3. The Morgan fingerprint density at radius 2 is 1.79 bits per heavy atom. The summed E-state index contributed by atoms with van der Waals surface area (Å²) in [5.74, 6) is 0.145. The Bertz CT molecular complexity index is 1340. The lowest BCUT2D eigenvalue weighted by atomic mass is 10.1. The Morgan fingerprint density at radius 1 is 1.03 bits per heavy atom. The number of piperazine rings is 1. The van der Waals surface area contributed by atoms with Crippen molar-refractivity contribution in [3.05, 3.63) is 88.0 Å². The molecule has 0 aliphatic carbocycles. The van der Waals surface area contributed by atoms with Gasteiger partial charge in [0.1, 0.15) is 4.70 Å². The van der Waals surface area contributed by atoms with Gasteiger partial charge >= 0.3 is 0 Å². The van der Waals surface area contributed by atoms with Crippen molar-refractivity contribution in [1.82, 2.24) is 19.8 Å². The summed E-state index contributed by atoms with van der Waals surface area (Å²) in [6.45, 7) is 5.29. The van der Waals surface area contributed by atoms with Gasteiger partial charge in [0.05, 0.1) is 18.4 Å². The van der Waals surface area contributed by atoms with Crippen molar-refractivity contribution in [2.75, 3.05) is 19.6 Å². The minimum Gasteiger partial charge on any atom is -0.336 e. The van der Waals surface area contributed by atoms with Crippen molar-refractivity contribution in [2.24, 2.45) is 0 Å². The second kappa shape index (κ2) is 9.29. The van der Waals surface area contributed by atoms with Crippen molar-refractivity contribution in [1.29, 1.82) is 0 Å². The van der Waals surface area contributed by atoms with Crippen LogP contribution in [0, 0.1) is 6.92 Å². The molecule has 33 heavy (non-hydrogen) atoms. The molecule has 0 spiro atoms. The highest BCUT2D eigenvalue weighted by Gasteiger charge is 2.17. The quantitative estimate of drug-likeness (QED) is 0.479. The van der Waals surface area contributed by atoms with Gasteiger partial charge in [-0.25, -0.2) is 4.98 Å². The molecule has 1 aliphatic heterocycles. The Hall–Kier alpha value is -3.29. The topological polar surface area (TPSA) is 67.2 Å². The molecule has 1 N–H and O–H groups in total. The van der Waals surface area contributed by atoms with E-state index >= 15 is 0 Å². The molecular weight excluding hydrogens is 432 g/mol. The van der Waals surface area contributed by atoms with Crippen LogP contribution in [0.5, 0.6) is 0 Å². The molecule has 168 valence electrons. The van der Waals surface area contributed by atoms with Gasteiger partial charge in [0, 0.05) is 31.1 Å². The van der Waals surface area contributed by atoms with Gasteiger partial charge in [0.15, 0.2) is 0 Å². The lowest BCUT2D eigenvalue weighted by Crippen LogP contribution is -2.47. The van der Waals surface area contributed by atoms with Gasteiger partial charge < -0.3 is 10.2 Å². The van der Waals surface area contributed by atoms with E-state index in [0.717, 1.165) is 46.6 Å². The van der Waals surface area contributed by atoms with Crippen LogP contribution in [-0.4, -0.2) is 40.0 Å². The first-order valence-corrected chi connectivity index (χ1v) is 12.0. The zero-order valence-electron chi connectivity index (χ0n) is 18.6. The zero-order valence-corrected chi connectivity index (χ0v) is 19.4. The van der Waals surface area contributed by atoms with E-state index in [1.54, 1.807) is 10.9 Å². The Morgan fingerprint density at radius 3 is 2.55 bits per heavy atom. The smallest absolute Gasteiger partial charge is 0.271 e. The van der Waals surface area contributed by atoms with Crippen molar-refractivity contribution < 1.29 is 4.79 Å². The summed E-state index contributed by atoms with van der Waals surface area (Å²) in [5, 5.41) is 3.10. The number of amides is 1. The first-order chi connectivity index (χ1) is 16.1. The zero-order chi connectivity index (χ0) is 22.8. The molecule has 2 aromatic heterocycles. The molecular formula is C26H26N4O2S. The molecule has 2 aromatic carbocycles. The molecule has 1 saturated heterocycles. The molecule has 0 atom stereocenters. The maximum Gasteiger partial charge on any atom is 0.271 e. The molecule has 0 saturated carbocycles. The van der Waals surface area contributed by atoms with Gasteiger partial charge in [-0.1, -0.05) is 54.1 Å². The maximum absolute atomic E-state index is 13.0. The molecule has 0 unspecified atom stereocenters. The Labute approximate surface area is 196 Å². The first kappa shape index (κ1) is 21.6. The van der Waals surface area contributed by atoms with Gasteiger partial charge in [-0.3, -0.25) is 14.2 Å². The molecule has 1 aliphatic rings. The van der Waals surface area contributed by atoms with Crippen LogP contribution in [0.4, 0.5) is 0 Å². The second-order valence-electron chi connectivity index (χ2n) is 8.49. The van der Waals surface area contributed by atoms with E-state index in [4.69, 9.17) is 0 Å². The summed E-state index contributed by atoms with van der Waals surface area (Å²) < 4.78 is 2.40. The average Bonchev–Trinajstić information content (AvgIpc) is 3.27. The van der Waals surface area contributed by atoms with E-state index in [2.05, 4.69) is 65.8 Å². The molecule has 0 radical (unpaired) electrons. The number of rotatable bonds is 6. The number of aromatic nitrogens is 2. The van der Waals surface area contributed by atoms with Crippen molar-refractivity contribution in [3.63, 3.8) is 0 Å². The fraction of sp³-hybridized carbons (Fsp3) is 0.269. The number of hydrogen-bond donors (Lipinski definition) is 1. The SMILES string of the molecule is Cc1ccc(-c2cc3ncn(CCc4ccc(CN5CCNCC5=O)cc4)c(=O)c3s2)cc1. The summed E-state index contributed by atoms with van der Waals surface area (Å²) in [6.07, 6.45) is 2.40. The number of nitrogens with one attached hydrogen (secondary N) is 1. The van der Waals surface area contributed by atoms with Crippen LogP contribution < -0.4 is 10.9 Å². The summed E-state index contributed by atoms with van der Waals surface area (Å²) in [4.78, 5) is 32.5. The third-order valence-corrected chi connectivity index (χ3v) is 7.23. The molecule has 1 amide bonds. The summed E-state index contributed by atoms with van der Waals surface area (Å²) in [6, 6.07) is 18.6. The molecule has 0 bridgehead atoms. The summed E-state index contributed by atoms with van der Waals surface area (Å²) in [5.41, 5.74) is 5.36. The van der Waals surface area contributed by atoms with Crippen LogP contribution in [0.15, 0.2) is 65.7 Å². The number of nitrogens with zero attached hydrogens (tertiary/aromatic N) is 3. The number of thiophene rings is 1. The third kappa shape index (κ3) is 4.74. The van der Waals surface area contributed by atoms with Crippen LogP contribution in [0.3, 0.4) is 0 Å². The normalized spacial score (nSPS) is 14.2. The number of carbonyl (C=O) groups excluding carboxylic acids is 1. The largest absolute Gasteiger partial charge is 0.336 e. The lowest BCUT2D eigenvalue weighted by Gasteiger charge is -2.27. The molecule has 7 heteroatoms. The van der Waals surface area contributed by atoms with E-state index in [0.29, 0.717) is 24.3 Å². The van der Waals surface area contributed by atoms with Gasteiger partial charge in [-0.05, 0) is 36.1 Å². The van der Waals surface area contributed by atoms with Gasteiger partial charge in [-0.2, -0.15) is 0 Å². The molecule has 6 nitrogen and oxygen atoms in total. The van der Waals surface area contributed by atoms with E-state index in [-0.39, 0.29) is 11.5 Å². The lowest BCUT2D eigenvalue weighted by molar-refractivity contribution is -0.132. The van der Waals surface area contributed by atoms with Crippen LogP contribution >= 0.6 is 11.3 Å². The number of benzene rings is 2. The van der Waals surface area contributed by atoms with E-state index < -0.39 is 0 Å². The van der Waals surface area contributed by atoms with E-state index in [1.165, 1.54) is 16.9 Å². The molecule has 3 heterocycles. The maximum atomic E-state index is 13.0. The van der Waals surface area contributed by atoms with Crippen molar-refractivity contribution >= 4 is 27.5 Å². The fourth-order valence-electron chi connectivity index (χ4n) is 4.06. The van der Waals surface area contributed by atoms with Crippen molar-refractivity contribution in [2.45, 2.75) is 26.4 Å². The van der Waals surface area contributed by atoms with Crippen LogP contribution in [0.1, 0.15) is 16.7 Å². The minimum absolute atomic E-state index is 0.0113. The highest BCUT2D eigenvalue weighted by atomic mass is 32.1. The number of aryl methyl sites for hydroxylation is 3. The predicted octanol–water partition coefficient (Wildman–Crippen LogP) is 3.61. The number of fused-ring (bicyclic) bond motifs is 1. The van der Waals surface area contributed by atoms with Gasteiger partial charge in [-0.15, -0.1) is 11.3 Å². The molecule has 1 fully saturated rings. The number of hydrogen-bond acceptors (Lipinski definition) is 5. The van der Waals surface area contributed by atoms with E-state index in [9.17, 15) is 9.59 Å². The van der Waals surface area contributed by atoms with Crippen LogP contribution in [0.2, 0.25) is 0 Å². The molecule has 5 rings (SSSR count). The van der Waals surface area contributed by atoms with Crippen LogP contribution in [-0.2, 0) is 24.3 Å². The average molecular weight is 459 g/mol. The highest BCUT2D eigenvalue weighted by Crippen LogP contribution is 2.30. The Kier molecular flexibility index (Phi) is 6.07. The summed E-state index contributed by atoms with van der Waals surface area (Å²) >= 11 is 1.50. The number of carbonyl (C=O) groups is 1. The Balaban J connectivity index is 1.27. The second-order valence-corrected chi connectivity index (χ2v) is 9.54. The predicted molar refractivity (Wildman–Crippen MR) is 132 cm³/mol. The third-order valence-electron chi connectivity index (χ3n) is 6.07. The van der Waals surface area contributed by atoms with Gasteiger partial charge in [0.25, 0.3) is 5.56 Å². The van der Waals surface area contributed by atoms with Gasteiger partial charge in [0.2, 0.25) is 5.91 Å². The fourth-order valence-corrected chi connectivity index (χ4v) is 5.12. The van der Waals surface area contributed by atoms with Crippen LogP contribution in [0.25, 0.3) is 20.7 Å².